The van der Waals surface area contributed by atoms with Crippen molar-refractivity contribution >= 4 is 11.9 Å². The third kappa shape index (κ3) is 2.03. The Labute approximate surface area is 105 Å². The lowest BCUT2D eigenvalue weighted by atomic mass is 10.0. The molecular formula is C13H15NO4. The number of likely N-dealkylation sites (tertiary alicyclic amines) is 1. The van der Waals surface area contributed by atoms with E-state index in [0.29, 0.717) is 24.3 Å². The highest BCUT2D eigenvalue weighted by Crippen LogP contribution is 2.24. The Morgan fingerprint density at radius 3 is 2.67 bits per heavy atom. The number of methoxy groups -OCH3 is 1. The Morgan fingerprint density at radius 1 is 1.44 bits per heavy atom. The topological polar surface area (TPSA) is 66.8 Å². The molecule has 1 aromatic rings. The van der Waals surface area contributed by atoms with Gasteiger partial charge in [0.1, 0.15) is 11.8 Å². The summed E-state index contributed by atoms with van der Waals surface area (Å²) in [6.07, 6.45) is 0.518. The van der Waals surface area contributed by atoms with Gasteiger partial charge in [0, 0.05) is 12.1 Å². The fraction of sp³-hybridized carbons (Fsp3) is 0.385. The van der Waals surface area contributed by atoms with Crippen LogP contribution in [0.25, 0.3) is 0 Å². The van der Waals surface area contributed by atoms with E-state index in [0.717, 1.165) is 5.56 Å². The number of rotatable bonds is 3. The highest BCUT2D eigenvalue weighted by molar-refractivity contribution is 5.98. The zero-order valence-corrected chi connectivity index (χ0v) is 10.3. The number of carbonyl (C=O) groups excluding carboxylic acids is 1. The van der Waals surface area contributed by atoms with Gasteiger partial charge in [-0.2, -0.15) is 0 Å². The van der Waals surface area contributed by atoms with Crippen molar-refractivity contribution in [2.24, 2.45) is 0 Å². The van der Waals surface area contributed by atoms with Crippen LogP contribution in [-0.4, -0.2) is 41.6 Å². The van der Waals surface area contributed by atoms with Crippen LogP contribution in [0.2, 0.25) is 0 Å². The van der Waals surface area contributed by atoms with Crippen molar-refractivity contribution < 1.29 is 19.4 Å². The largest absolute Gasteiger partial charge is 0.496 e. The van der Waals surface area contributed by atoms with E-state index in [1.54, 1.807) is 25.3 Å². The molecule has 1 saturated heterocycles. The number of ether oxygens (including phenoxy) is 1. The average Bonchev–Trinajstić information content (AvgIpc) is 2.27. The fourth-order valence-corrected chi connectivity index (χ4v) is 2.01. The van der Waals surface area contributed by atoms with Crippen molar-refractivity contribution in [3.05, 3.63) is 29.3 Å². The highest BCUT2D eigenvalue weighted by Gasteiger charge is 2.37. The summed E-state index contributed by atoms with van der Waals surface area (Å²) in [5, 5.41) is 8.93. The number of aliphatic carboxylic acids is 1. The van der Waals surface area contributed by atoms with Gasteiger partial charge in [-0.05, 0) is 31.0 Å². The lowest BCUT2D eigenvalue weighted by molar-refractivity contribution is -0.146. The number of amides is 1. The van der Waals surface area contributed by atoms with Gasteiger partial charge in [-0.15, -0.1) is 0 Å². The van der Waals surface area contributed by atoms with E-state index >= 15 is 0 Å². The molecule has 0 unspecified atom stereocenters. The lowest BCUT2D eigenvalue weighted by Gasteiger charge is -2.38. The molecule has 0 aromatic heterocycles. The molecule has 0 bridgehead atoms. The van der Waals surface area contributed by atoms with Crippen molar-refractivity contribution in [3.8, 4) is 5.75 Å². The van der Waals surface area contributed by atoms with Gasteiger partial charge in [0.2, 0.25) is 0 Å². The SMILES string of the molecule is COc1cc(C(=O)N2CC[C@@H]2C(=O)O)ccc1C. The molecule has 1 aliphatic rings. The molecule has 2 rings (SSSR count). The second kappa shape index (κ2) is 4.68. The van der Waals surface area contributed by atoms with Gasteiger partial charge >= 0.3 is 5.97 Å². The fourth-order valence-electron chi connectivity index (χ4n) is 2.01. The minimum atomic E-state index is -0.950. The number of hydrogen-bond donors (Lipinski definition) is 1. The number of aryl methyl sites for hydroxylation is 1. The number of nitrogens with zero attached hydrogens (tertiary/aromatic N) is 1. The molecule has 1 amide bonds. The van der Waals surface area contributed by atoms with E-state index in [2.05, 4.69) is 0 Å². The first-order valence-corrected chi connectivity index (χ1v) is 5.73. The molecule has 5 heteroatoms. The molecule has 1 N–H and O–H groups in total. The standard InChI is InChI=1S/C13H15NO4/c1-8-3-4-9(7-11(8)18-2)12(15)14-6-5-10(14)13(16)17/h3-4,7,10H,5-6H2,1-2H3,(H,16,17)/t10-/m1/s1. The predicted molar refractivity (Wildman–Crippen MR) is 64.8 cm³/mol. The first kappa shape index (κ1) is 12.4. The summed E-state index contributed by atoms with van der Waals surface area (Å²) < 4.78 is 5.15. The lowest BCUT2D eigenvalue weighted by Crippen LogP contribution is -2.55. The summed E-state index contributed by atoms with van der Waals surface area (Å²) in [7, 11) is 1.54. The predicted octanol–water partition coefficient (Wildman–Crippen LogP) is 1.30. The molecule has 1 fully saturated rings. The Bertz CT molecular complexity index is 498. The minimum Gasteiger partial charge on any atom is -0.496 e. The van der Waals surface area contributed by atoms with Gasteiger partial charge in [0.25, 0.3) is 5.91 Å². The number of benzene rings is 1. The highest BCUT2D eigenvalue weighted by atomic mass is 16.5. The Hall–Kier alpha value is -2.04. The number of carboxylic acids is 1. The molecule has 5 nitrogen and oxygen atoms in total. The van der Waals surface area contributed by atoms with Gasteiger partial charge in [-0.3, -0.25) is 4.79 Å². The van der Waals surface area contributed by atoms with Crippen LogP contribution in [0, 0.1) is 6.92 Å². The Morgan fingerprint density at radius 2 is 2.17 bits per heavy atom. The van der Waals surface area contributed by atoms with Gasteiger partial charge in [-0.1, -0.05) is 6.07 Å². The van der Waals surface area contributed by atoms with Crippen LogP contribution in [0.5, 0.6) is 5.75 Å². The average molecular weight is 249 g/mol. The molecule has 1 aliphatic heterocycles. The van der Waals surface area contributed by atoms with Crippen LogP contribution in [0.15, 0.2) is 18.2 Å². The van der Waals surface area contributed by atoms with Crippen molar-refractivity contribution in [3.63, 3.8) is 0 Å². The Balaban J connectivity index is 2.21. The second-order valence-electron chi connectivity index (χ2n) is 4.33. The van der Waals surface area contributed by atoms with Gasteiger partial charge in [0.05, 0.1) is 7.11 Å². The van der Waals surface area contributed by atoms with E-state index in [-0.39, 0.29) is 5.91 Å². The quantitative estimate of drug-likeness (QED) is 0.876. The maximum Gasteiger partial charge on any atom is 0.326 e. The monoisotopic (exact) mass is 249 g/mol. The van der Waals surface area contributed by atoms with Crippen molar-refractivity contribution in [2.45, 2.75) is 19.4 Å². The van der Waals surface area contributed by atoms with Crippen LogP contribution in [0.4, 0.5) is 0 Å². The van der Waals surface area contributed by atoms with Crippen LogP contribution >= 0.6 is 0 Å². The first-order valence-electron chi connectivity index (χ1n) is 5.73. The number of carbonyl (C=O) groups is 2. The zero-order valence-electron chi connectivity index (χ0n) is 10.3. The molecular weight excluding hydrogens is 234 g/mol. The summed E-state index contributed by atoms with van der Waals surface area (Å²) in [5.41, 5.74) is 1.40. The molecule has 18 heavy (non-hydrogen) atoms. The molecule has 1 aromatic carbocycles. The van der Waals surface area contributed by atoms with E-state index < -0.39 is 12.0 Å². The molecule has 0 saturated carbocycles. The smallest absolute Gasteiger partial charge is 0.326 e. The van der Waals surface area contributed by atoms with Crippen LogP contribution < -0.4 is 4.74 Å². The van der Waals surface area contributed by atoms with Gasteiger partial charge < -0.3 is 14.7 Å². The third-order valence-electron chi connectivity index (χ3n) is 3.22. The van der Waals surface area contributed by atoms with Crippen molar-refractivity contribution in [2.75, 3.05) is 13.7 Å². The Kier molecular flexibility index (Phi) is 3.23. The molecule has 0 aliphatic carbocycles. The van der Waals surface area contributed by atoms with Crippen molar-refractivity contribution in [1.29, 1.82) is 0 Å². The van der Waals surface area contributed by atoms with E-state index in [9.17, 15) is 9.59 Å². The van der Waals surface area contributed by atoms with Crippen LogP contribution in [0.1, 0.15) is 22.3 Å². The number of hydrogen-bond acceptors (Lipinski definition) is 3. The van der Waals surface area contributed by atoms with Crippen molar-refractivity contribution in [1.82, 2.24) is 4.90 Å². The van der Waals surface area contributed by atoms with Gasteiger partial charge in [-0.25, -0.2) is 4.79 Å². The van der Waals surface area contributed by atoms with E-state index in [1.165, 1.54) is 4.90 Å². The van der Waals surface area contributed by atoms with Gasteiger partial charge in [0.15, 0.2) is 0 Å². The molecule has 0 radical (unpaired) electrons. The molecule has 96 valence electrons. The molecule has 1 heterocycles. The second-order valence-corrected chi connectivity index (χ2v) is 4.33. The zero-order chi connectivity index (χ0) is 13.3. The summed E-state index contributed by atoms with van der Waals surface area (Å²) in [6.45, 7) is 2.38. The van der Waals surface area contributed by atoms with Crippen LogP contribution in [-0.2, 0) is 4.79 Å². The summed E-state index contributed by atoms with van der Waals surface area (Å²) in [4.78, 5) is 24.4. The summed E-state index contributed by atoms with van der Waals surface area (Å²) in [5.74, 6) is -0.575. The summed E-state index contributed by atoms with van der Waals surface area (Å²) >= 11 is 0. The van der Waals surface area contributed by atoms with Crippen LogP contribution in [0.3, 0.4) is 0 Å². The normalized spacial score (nSPS) is 18.1. The maximum absolute atomic E-state index is 12.1. The summed E-state index contributed by atoms with van der Waals surface area (Å²) in [6, 6.07) is 4.44. The molecule has 0 spiro atoms. The van der Waals surface area contributed by atoms with E-state index in [1.807, 2.05) is 6.92 Å². The maximum atomic E-state index is 12.1. The molecule has 1 atom stereocenters. The minimum absolute atomic E-state index is 0.257. The van der Waals surface area contributed by atoms with E-state index in [4.69, 9.17) is 9.84 Å². The number of carboxylic acid groups (broad SMARTS) is 1. The first-order chi connectivity index (χ1) is 8.54. The third-order valence-corrected chi connectivity index (χ3v) is 3.22.